The van der Waals surface area contributed by atoms with Crippen molar-refractivity contribution in [2.24, 2.45) is 11.8 Å². The van der Waals surface area contributed by atoms with E-state index in [1.165, 1.54) is 30.3 Å². The Morgan fingerprint density at radius 1 is 0.674 bits per heavy atom. The van der Waals surface area contributed by atoms with Crippen molar-refractivity contribution >= 4 is 29.1 Å². The van der Waals surface area contributed by atoms with Gasteiger partial charge in [-0.1, -0.05) is 66.7 Å². The Hall–Kier alpha value is -5.71. The summed E-state index contributed by atoms with van der Waals surface area (Å²) in [6.45, 7) is -0.445. The third-order valence-corrected chi connectivity index (χ3v) is 8.73. The third-order valence-electron chi connectivity index (χ3n) is 8.73. The van der Waals surface area contributed by atoms with Crippen molar-refractivity contribution in [3.8, 4) is 0 Å². The van der Waals surface area contributed by atoms with E-state index in [1.807, 2.05) is 48.5 Å². The van der Waals surface area contributed by atoms with E-state index in [4.69, 9.17) is 0 Å². The maximum atomic E-state index is 14.4. The molecule has 0 saturated carbocycles. The SMILES string of the molecule is O=C(c1ccc([N+](=O)[O-])cc1)N(Cc1ccccc1[N+](=O)[O-])N1C(=O)[C@H]2C3c4ccccc4C(c4ccccc43)[C@@H]2C1=O. The van der Waals surface area contributed by atoms with Gasteiger partial charge in [0.15, 0.2) is 0 Å². The van der Waals surface area contributed by atoms with Crippen molar-refractivity contribution in [2.75, 3.05) is 0 Å². The fourth-order valence-electron chi connectivity index (χ4n) is 6.99. The zero-order valence-electron chi connectivity index (χ0n) is 22.4. The minimum absolute atomic E-state index is 0.0193. The molecule has 11 nitrogen and oxygen atoms in total. The van der Waals surface area contributed by atoms with E-state index in [1.54, 1.807) is 6.07 Å². The first-order chi connectivity index (χ1) is 20.8. The molecule has 0 radical (unpaired) electrons. The number of hydrogen-bond acceptors (Lipinski definition) is 7. The Morgan fingerprint density at radius 2 is 1.14 bits per heavy atom. The number of carbonyl (C=O) groups is 3. The zero-order valence-corrected chi connectivity index (χ0v) is 22.4. The first-order valence-corrected chi connectivity index (χ1v) is 13.6. The van der Waals surface area contributed by atoms with Crippen LogP contribution in [-0.4, -0.2) is 37.6 Å². The number of imide groups is 1. The van der Waals surface area contributed by atoms with Crippen LogP contribution in [-0.2, 0) is 16.1 Å². The monoisotopic (exact) mass is 574 g/mol. The molecule has 4 aromatic carbocycles. The summed E-state index contributed by atoms with van der Waals surface area (Å²) in [6.07, 6.45) is 0. The normalized spacial score (nSPS) is 21.2. The van der Waals surface area contributed by atoms with Crippen LogP contribution in [0.1, 0.15) is 50.0 Å². The van der Waals surface area contributed by atoms with Crippen LogP contribution in [0, 0.1) is 32.1 Å². The van der Waals surface area contributed by atoms with Gasteiger partial charge in [0.2, 0.25) is 0 Å². The lowest BCUT2D eigenvalue weighted by molar-refractivity contribution is -0.385. The van der Waals surface area contributed by atoms with Crippen LogP contribution in [0.5, 0.6) is 0 Å². The summed E-state index contributed by atoms with van der Waals surface area (Å²) < 4.78 is 0. The van der Waals surface area contributed by atoms with Gasteiger partial charge in [-0.15, -0.1) is 0 Å². The first-order valence-electron chi connectivity index (χ1n) is 13.6. The largest absolute Gasteiger partial charge is 0.274 e. The Labute approximate surface area is 244 Å². The highest BCUT2D eigenvalue weighted by Gasteiger charge is 2.63. The van der Waals surface area contributed by atoms with Crippen LogP contribution in [0.2, 0.25) is 0 Å². The molecule has 2 atom stereocenters. The van der Waals surface area contributed by atoms with Crippen molar-refractivity contribution in [1.29, 1.82) is 0 Å². The van der Waals surface area contributed by atoms with Crippen LogP contribution >= 0.6 is 0 Å². The van der Waals surface area contributed by atoms with E-state index < -0.39 is 57.8 Å². The van der Waals surface area contributed by atoms with Crippen LogP contribution in [0.3, 0.4) is 0 Å². The third kappa shape index (κ3) is 3.85. The predicted molar refractivity (Wildman–Crippen MR) is 151 cm³/mol. The summed E-state index contributed by atoms with van der Waals surface area (Å²) in [5.41, 5.74) is 3.42. The summed E-state index contributed by atoms with van der Waals surface area (Å²) in [5.74, 6) is -4.31. The maximum Gasteiger partial charge on any atom is 0.274 e. The average molecular weight is 575 g/mol. The van der Waals surface area contributed by atoms with Crippen molar-refractivity contribution in [3.63, 3.8) is 0 Å². The van der Waals surface area contributed by atoms with Gasteiger partial charge < -0.3 is 0 Å². The minimum atomic E-state index is -0.796. The molecule has 8 rings (SSSR count). The minimum Gasteiger partial charge on any atom is -0.272 e. The molecule has 1 fully saturated rings. The van der Waals surface area contributed by atoms with Gasteiger partial charge in [-0.25, -0.2) is 5.01 Å². The fraction of sp³-hybridized carbons (Fsp3) is 0.156. The molecule has 4 aliphatic rings. The second kappa shape index (κ2) is 9.69. The second-order valence-electron chi connectivity index (χ2n) is 10.8. The van der Waals surface area contributed by atoms with Gasteiger partial charge in [0, 0.05) is 35.6 Å². The summed E-state index contributed by atoms with van der Waals surface area (Å²) in [6, 6.07) is 26.0. The molecule has 2 bridgehead atoms. The maximum absolute atomic E-state index is 14.4. The van der Waals surface area contributed by atoms with Gasteiger partial charge in [0.1, 0.15) is 0 Å². The van der Waals surface area contributed by atoms with Crippen molar-refractivity contribution in [1.82, 2.24) is 10.0 Å². The number of benzene rings is 4. The summed E-state index contributed by atoms with van der Waals surface area (Å²) >= 11 is 0. The highest BCUT2D eigenvalue weighted by molar-refractivity contribution is 6.09. The number of hydrazine groups is 1. The van der Waals surface area contributed by atoms with Gasteiger partial charge in [-0.05, 0) is 34.4 Å². The van der Waals surface area contributed by atoms with Crippen molar-refractivity contribution < 1.29 is 24.2 Å². The molecule has 1 saturated heterocycles. The van der Waals surface area contributed by atoms with Gasteiger partial charge >= 0.3 is 0 Å². The number of non-ortho nitro benzene ring substituents is 1. The lowest BCUT2D eigenvalue weighted by atomic mass is 9.55. The number of para-hydroxylation sites is 1. The number of carbonyl (C=O) groups excluding carboxylic acids is 3. The molecule has 0 spiro atoms. The van der Waals surface area contributed by atoms with Crippen LogP contribution in [0.15, 0.2) is 97.1 Å². The van der Waals surface area contributed by atoms with Crippen LogP contribution < -0.4 is 0 Å². The summed E-state index contributed by atoms with van der Waals surface area (Å²) in [7, 11) is 0. The topological polar surface area (TPSA) is 144 Å². The summed E-state index contributed by atoms with van der Waals surface area (Å²) in [5, 5.41) is 24.8. The Balaban J connectivity index is 1.35. The second-order valence-corrected chi connectivity index (χ2v) is 10.8. The molecule has 0 N–H and O–H groups in total. The molecular formula is C32H22N4O7. The molecule has 3 aliphatic carbocycles. The molecule has 1 heterocycles. The standard InChI is InChI=1S/C32H22N4O7/c37-30(18-13-15-20(16-14-18)35(40)41)33(17-19-7-1-6-12-25(19)36(42)43)34-31(38)28-26-21-8-2-3-9-22(21)27(29(28)32(34)39)24-11-5-4-10-23(24)26/h1-16,26-29H,17H2/t26?,27?,28-,29-/m0/s1. The summed E-state index contributed by atoms with van der Waals surface area (Å²) in [4.78, 5) is 64.6. The predicted octanol–water partition coefficient (Wildman–Crippen LogP) is 4.95. The molecular weight excluding hydrogens is 552 g/mol. The van der Waals surface area contributed by atoms with Gasteiger partial charge in [-0.2, -0.15) is 5.01 Å². The van der Waals surface area contributed by atoms with Gasteiger partial charge in [0.05, 0.1) is 33.8 Å². The Bertz CT molecular complexity index is 1760. The van der Waals surface area contributed by atoms with Crippen LogP contribution in [0.25, 0.3) is 0 Å². The highest BCUT2D eigenvalue weighted by Crippen LogP contribution is 2.61. The van der Waals surface area contributed by atoms with E-state index in [0.29, 0.717) is 0 Å². The molecule has 43 heavy (non-hydrogen) atoms. The molecule has 11 heteroatoms. The number of amides is 3. The Morgan fingerprint density at radius 3 is 1.60 bits per heavy atom. The van der Waals surface area contributed by atoms with Gasteiger partial charge in [0.25, 0.3) is 29.1 Å². The quantitative estimate of drug-likeness (QED) is 0.180. The van der Waals surface area contributed by atoms with Gasteiger partial charge in [-0.3, -0.25) is 34.6 Å². The number of hydrogen-bond donors (Lipinski definition) is 0. The molecule has 3 amide bonds. The molecule has 0 unspecified atom stereocenters. The van der Waals surface area contributed by atoms with E-state index in [2.05, 4.69) is 0 Å². The zero-order chi connectivity index (χ0) is 30.0. The van der Waals surface area contributed by atoms with Crippen molar-refractivity contribution in [2.45, 2.75) is 18.4 Å². The molecule has 0 aromatic heterocycles. The van der Waals surface area contributed by atoms with E-state index in [0.717, 1.165) is 44.4 Å². The number of rotatable bonds is 6. The average Bonchev–Trinajstić information content (AvgIpc) is 3.29. The first kappa shape index (κ1) is 26.2. The smallest absolute Gasteiger partial charge is 0.272 e. The molecule has 4 aromatic rings. The van der Waals surface area contributed by atoms with Crippen molar-refractivity contribution in [3.05, 3.63) is 151 Å². The van der Waals surface area contributed by atoms with E-state index >= 15 is 0 Å². The number of nitro groups is 2. The fourth-order valence-corrected chi connectivity index (χ4v) is 6.99. The number of nitrogens with zero attached hydrogens (tertiary/aromatic N) is 4. The molecule has 1 aliphatic heterocycles. The lowest BCUT2D eigenvalue weighted by Crippen LogP contribution is -2.50. The lowest BCUT2D eigenvalue weighted by Gasteiger charge is -2.45. The Kier molecular flexibility index (Phi) is 5.91. The van der Waals surface area contributed by atoms with Crippen LogP contribution in [0.4, 0.5) is 11.4 Å². The van der Waals surface area contributed by atoms with E-state index in [-0.39, 0.29) is 22.5 Å². The van der Waals surface area contributed by atoms with E-state index in [9.17, 15) is 34.6 Å². The molecule has 212 valence electrons. The highest BCUT2D eigenvalue weighted by atomic mass is 16.6. The number of nitro benzene ring substituents is 2.